The van der Waals surface area contributed by atoms with Crippen molar-refractivity contribution in [2.45, 2.75) is 26.2 Å². The van der Waals surface area contributed by atoms with Crippen LogP contribution in [0.3, 0.4) is 0 Å². The normalized spacial score (nSPS) is 20.9. The molecule has 1 aliphatic heterocycles. The van der Waals surface area contributed by atoms with Crippen LogP contribution < -0.4 is 0 Å². The molecule has 17 heavy (non-hydrogen) atoms. The van der Waals surface area contributed by atoms with Crippen molar-refractivity contribution in [1.82, 2.24) is 14.6 Å². The molecule has 1 unspecified atom stereocenters. The third-order valence-corrected chi connectivity index (χ3v) is 4.53. The summed E-state index contributed by atoms with van der Waals surface area (Å²) in [5, 5.41) is 4.56. The zero-order valence-corrected chi connectivity index (χ0v) is 10.9. The van der Waals surface area contributed by atoms with E-state index in [9.17, 15) is 0 Å². The van der Waals surface area contributed by atoms with Crippen LogP contribution in [0, 0.1) is 12.8 Å². The van der Waals surface area contributed by atoms with Gasteiger partial charge in [0.15, 0.2) is 11.5 Å². The summed E-state index contributed by atoms with van der Waals surface area (Å²) in [6, 6.07) is 4.13. The maximum absolute atomic E-state index is 4.59. The van der Waals surface area contributed by atoms with Crippen LogP contribution in [0.4, 0.5) is 0 Å². The Bertz CT molecular complexity index is 514. The van der Waals surface area contributed by atoms with Gasteiger partial charge in [-0.1, -0.05) is 6.07 Å². The summed E-state index contributed by atoms with van der Waals surface area (Å²) in [5.74, 6) is 4.37. The largest absolute Gasteiger partial charge is 0.221 e. The highest BCUT2D eigenvalue weighted by molar-refractivity contribution is 7.99. The van der Waals surface area contributed by atoms with Gasteiger partial charge in [-0.2, -0.15) is 16.9 Å². The molecule has 0 N–H and O–H groups in total. The maximum atomic E-state index is 4.59. The Labute approximate surface area is 106 Å². The summed E-state index contributed by atoms with van der Waals surface area (Å²) in [4.78, 5) is 4.59. The van der Waals surface area contributed by atoms with Crippen LogP contribution >= 0.6 is 11.8 Å². The smallest absolute Gasteiger partial charge is 0.155 e. The first-order valence-electron chi connectivity index (χ1n) is 6.21. The number of hydrogen-bond acceptors (Lipinski definition) is 3. The maximum Gasteiger partial charge on any atom is 0.155 e. The number of hydrogen-bond donors (Lipinski definition) is 0. The standard InChI is InChI=1S/C13H17N3S/c1-10-4-5-13-14-12(15-16(13)8-10)7-11-3-2-6-17-9-11/h4-5,8,11H,2-3,6-7,9H2,1H3. The molecule has 90 valence electrons. The van der Waals surface area contributed by atoms with Gasteiger partial charge in [0.2, 0.25) is 0 Å². The molecule has 1 saturated heterocycles. The number of nitrogens with zero attached hydrogens (tertiary/aromatic N) is 3. The van der Waals surface area contributed by atoms with Gasteiger partial charge in [-0.3, -0.25) is 0 Å². The van der Waals surface area contributed by atoms with Crippen molar-refractivity contribution in [3.63, 3.8) is 0 Å². The summed E-state index contributed by atoms with van der Waals surface area (Å²) in [7, 11) is 0. The van der Waals surface area contributed by atoms with Gasteiger partial charge in [0.25, 0.3) is 0 Å². The average molecular weight is 247 g/mol. The molecule has 3 heterocycles. The Kier molecular flexibility index (Phi) is 3.05. The molecule has 3 nitrogen and oxygen atoms in total. The molecular formula is C13H17N3S. The number of fused-ring (bicyclic) bond motifs is 1. The molecule has 2 aromatic rings. The number of pyridine rings is 1. The van der Waals surface area contributed by atoms with Crippen molar-refractivity contribution >= 4 is 17.4 Å². The van der Waals surface area contributed by atoms with E-state index in [4.69, 9.17) is 0 Å². The second-order valence-corrected chi connectivity index (χ2v) is 5.97. The van der Waals surface area contributed by atoms with Crippen LogP contribution in [-0.4, -0.2) is 26.1 Å². The van der Waals surface area contributed by atoms with Gasteiger partial charge in [0.1, 0.15) is 0 Å². The Morgan fingerprint density at radius 1 is 1.47 bits per heavy atom. The lowest BCUT2D eigenvalue weighted by Crippen LogP contribution is -2.13. The van der Waals surface area contributed by atoms with E-state index in [1.54, 1.807) is 0 Å². The summed E-state index contributed by atoms with van der Waals surface area (Å²) in [6.07, 6.45) is 5.76. The topological polar surface area (TPSA) is 30.2 Å². The third-order valence-electron chi connectivity index (χ3n) is 3.25. The first-order valence-corrected chi connectivity index (χ1v) is 7.36. The minimum atomic E-state index is 0.771. The van der Waals surface area contributed by atoms with E-state index < -0.39 is 0 Å². The lowest BCUT2D eigenvalue weighted by atomic mass is 10.0. The third kappa shape index (κ3) is 2.46. The fourth-order valence-corrected chi connectivity index (χ4v) is 3.50. The molecule has 0 amide bonds. The Morgan fingerprint density at radius 3 is 3.24 bits per heavy atom. The average Bonchev–Trinajstić information content (AvgIpc) is 2.71. The number of thioether (sulfide) groups is 1. The van der Waals surface area contributed by atoms with Crippen molar-refractivity contribution in [1.29, 1.82) is 0 Å². The van der Waals surface area contributed by atoms with Crippen molar-refractivity contribution in [2.75, 3.05) is 11.5 Å². The summed E-state index contributed by atoms with van der Waals surface area (Å²) < 4.78 is 1.90. The Morgan fingerprint density at radius 2 is 2.41 bits per heavy atom. The van der Waals surface area contributed by atoms with E-state index in [2.05, 4.69) is 34.8 Å². The number of aromatic nitrogens is 3. The molecule has 1 atom stereocenters. The molecular weight excluding hydrogens is 230 g/mol. The van der Waals surface area contributed by atoms with E-state index in [0.717, 1.165) is 23.8 Å². The van der Waals surface area contributed by atoms with Crippen molar-refractivity contribution in [3.05, 3.63) is 29.7 Å². The van der Waals surface area contributed by atoms with Gasteiger partial charge < -0.3 is 0 Å². The number of aryl methyl sites for hydroxylation is 1. The van der Waals surface area contributed by atoms with Crippen molar-refractivity contribution in [3.8, 4) is 0 Å². The van der Waals surface area contributed by atoms with E-state index >= 15 is 0 Å². The van der Waals surface area contributed by atoms with E-state index in [-0.39, 0.29) is 0 Å². The van der Waals surface area contributed by atoms with Gasteiger partial charge in [-0.05, 0) is 48.8 Å². The number of rotatable bonds is 2. The molecule has 1 fully saturated rings. The molecule has 0 spiro atoms. The Balaban J connectivity index is 1.80. The first-order chi connectivity index (χ1) is 8.31. The van der Waals surface area contributed by atoms with Crippen LogP contribution in [0.15, 0.2) is 18.3 Å². The fraction of sp³-hybridized carbons (Fsp3) is 0.538. The van der Waals surface area contributed by atoms with Crippen LogP contribution in [0.2, 0.25) is 0 Å². The quantitative estimate of drug-likeness (QED) is 0.817. The molecule has 0 aromatic carbocycles. The van der Waals surface area contributed by atoms with E-state index in [1.807, 2.05) is 16.8 Å². The zero-order chi connectivity index (χ0) is 11.7. The SMILES string of the molecule is Cc1ccc2nc(CC3CCCSC3)nn2c1. The van der Waals surface area contributed by atoms with Crippen molar-refractivity contribution in [2.24, 2.45) is 5.92 Å². The zero-order valence-electron chi connectivity index (χ0n) is 10.1. The predicted octanol–water partition coefficient (Wildman–Crippen LogP) is 2.72. The first kappa shape index (κ1) is 11.1. The van der Waals surface area contributed by atoms with Crippen LogP contribution in [0.1, 0.15) is 24.2 Å². The highest BCUT2D eigenvalue weighted by Crippen LogP contribution is 2.24. The highest BCUT2D eigenvalue weighted by atomic mass is 32.2. The lowest BCUT2D eigenvalue weighted by molar-refractivity contribution is 0.508. The molecule has 3 rings (SSSR count). The fourth-order valence-electron chi connectivity index (χ4n) is 2.35. The summed E-state index contributed by atoms with van der Waals surface area (Å²) >= 11 is 2.07. The Hall–Kier alpha value is -1.03. The van der Waals surface area contributed by atoms with Gasteiger partial charge in [-0.15, -0.1) is 0 Å². The monoisotopic (exact) mass is 247 g/mol. The molecule has 1 aliphatic rings. The molecule has 0 saturated carbocycles. The minimum absolute atomic E-state index is 0.771. The highest BCUT2D eigenvalue weighted by Gasteiger charge is 2.16. The van der Waals surface area contributed by atoms with Gasteiger partial charge in [0.05, 0.1) is 0 Å². The predicted molar refractivity (Wildman–Crippen MR) is 71.5 cm³/mol. The second-order valence-electron chi connectivity index (χ2n) is 4.82. The van der Waals surface area contributed by atoms with Crippen LogP contribution in [0.25, 0.3) is 5.65 Å². The molecule has 4 heteroatoms. The van der Waals surface area contributed by atoms with E-state index in [1.165, 1.54) is 29.9 Å². The molecule has 0 bridgehead atoms. The lowest BCUT2D eigenvalue weighted by Gasteiger charge is -2.19. The van der Waals surface area contributed by atoms with Gasteiger partial charge in [-0.25, -0.2) is 9.50 Å². The molecule has 2 aromatic heterocycles. The molecule has 0 aliphatic carbocycles. The van der Waals surface area contributed by atoms with Crippen molar-refractivity contribution < 1.29 is 0 Å². The summed E-state index contributed by atoms with van der Waals surface area (Å²) in [6.45, 7) is 2.08. The van der Waals surface area contributed by atoms with Crippen LogP contribution in [0.5, 0.6) is 0 Å². The summed E-state index contributed by atoms with van der Waals surface area (Å²) in [5.41, 5.74) is 2.19. The second kappa shape index (κ2) is 4.69. The van der Waals surface area contributed by atoms with Crippen LogP contribution in [-0.2, 0) is 6.42 Å². The van der Waals surface area contributed by atoms with Gasteiger partial charge in [0, 0.05) is 12.6 Å². The van der Waals surface area contributed by atoms with E-state index in [0.29, 0.717) is 0 Å². The minimum Gasteiger partial charge on any atom is -0.221 e. The van der Waals surface area contributed by atoms with Gasteiger partial charge >= 0.3 is 0 Å². The molecule has 0 radical (unpaired) electrons.